The molecule has 2 fully saturated rings. The lowest BCUT2D eigenvalue weighted by molar-refractivity contribution is -0.160. The summed E-state index contributed by atoms with van der Waals surface area (Å²) in [6.07, 6.45) is -3.49. The van der Waals surface area contributed by atoms with Crippen molar-refractivity contribution < 1.29 is 28.5 Å². The van der Waals surface area contributed by atoms with Gasteiger partial charge in [-0.1, -0.05) is 41.5 Å². The van der Waals surface area contributed by atoms with E-state index in [4.69, 9.17) is 18.9 Å². The third-order valence-electron chi connectivity index (χ3n) is 3.14. The van der Waals surface area contributed by atoms with Gasteiger partial charge in [-0.2, -0.15) is 0 Å². The van der Waals surface area contributed by atoms with Gasteiger partial charge in [0.05, 0.1) is 0 Å². The van der Waals surface area contributed by atoms with E-state index in [0.717, 1.165) is 0 Å². The Kier molecular flexibility index (Phi) is 3.59. The molecule has 0 bridgehead atoms. The van der Waals surface area contributed by atoms with Crippen molar-refractivity contribution in [1.29, 1.82) is 0 Å². The maximum absolute atomic E-state index is 11.9. The van der Waals surface area contributed by atoms with Gasteiger partial charge < -0.3 is 18.9 Å². The van der Waals surface area contributed by atoms with Crippen LogP contribution in [0.2, 0.25) is 0 Å². The number of carbonyl (C=O) groups excluding carboxylic acids is 2. The predicted octanol–water partition coefficient (Wildman–Crippen LogP) is 1.61. The van der Waals surface area contributed by atoms with Crippen LogP contribution in [0.5, 0.6) is 0 Å². The van der Waals surface area contributed by atoms with E-state index in [0.29, 0.717) is 0 Å². The zero-order valence-electron chi connectivity index (χ0n) is 12.8. The first-order chi connectivity index (χ1) is 9.00. The van der Waals surface area contributed by atoms with Crippen molar-refractivity contribution in [1.82, 2.24) is 0 Å². The van der Waals surface area contributed by atoms with Gasteiger partial charge in [0.1, 0.15) is 0 Å². The van der Waals surface area contributed by atoms with Gasteiger partial charge in [0, 0.05) is 10.8 Å². The average molecular weight is 286 g/mol. The summed E-state index contributed by atoms with van der Waals surface area (Å²) in [7, 11) is 0. The fourth-order valence-electron chi connectivity index (χ4n) is 1.93. The summed E-state index contributed by atoms with van der Waals surface area (Å²) in [6.45, 7) is 11.3. The summed E-state index contributed by atoms with van der Waals surface area (Å²) in [5.74, 6) is -1.16. The Balaban J connectivity index is 2.10. The molecule has 0 radical (unpaired) electrons. The minimum Gasteiger partial charge on any atom is -0.433 e. The molecule has 6 heteroatoms. The third-order valence-corrected chi connectivity index (χ3v) is 3.14. The molecule has 2 aliphatic heterocycles. The topological polar surface area (TPSA) is 71.1 Å². The Labute approximate surface area is 118 Å². The van der Waals surface area contributed by atoms with Crippen LogP contribution in [0.25, 0.3) is 0 Å². The third kappa shape index (κ3) is 2.81. The lowest BCUT2D eigenvalue weighted by atomic mass is 9.96. The number of rotatable bonds is 1. The predicted molar refractivity (Wildman–Crippen MR) is 68.4 cm³/mol. The first kappa shape index (κ1) is 15.3. The van der Waals surface area contributed by atoms with Gasteiger partial charge in [-0.25, -0.2) is 9.59 Å². The molecule has 0 saturated carbocycles. The Morgan fingerprint density at radius 3 is 1.20 bits per heavy atom. The van der Waals surface area contributed by atoms with E-state index in [-0.39, 0.29) is 10.8 Å². The second kappa shape index (κ2) is 4.70. The standard InChI is InChI=1S/C14H22O6/c1-13(2,3)11-17-7(9(15)19-11)8-10(16)20-12(18-8)14(4,5)6/h7-8,11-12H,1-6H3/t7-,8-,11-,12-/m1/s1. The van der Waals surface area contributed by atoms with Crippen molar-refractivity contribution in [2.24, 2.45) is 10.8 Å². The first-order valence-corrected chi connectivity index (χ1v) is 6.72. The fourth-order valence-corrected chi connectivity index (χ4v) is 1.93. The zero-order valence-corrected chi connectivity index (χ0v) is 12.8. The summed E-state index contributed by atoms with van der Waals surface area (Å²) in [5.41, 5.74) is -0.729. The van der Waals surface area contributed by atoms with Gasteiger partial charge in [-0.05, 0) is 0 Å². The van der Waals surface area contributed by atoms with Crippen LogP contribution >= 0.6 is 0 Å². The summed E-state index contributed by atoms with van der Waals surface area (Å²) in [4.78, 5) is 23.8. The Bertz CT molecular complexity index is 376. The molecule has 114 valence electrons. The fraction of sp³-hybridized carbons (Fsp3) is 0.857. The van der Waals surface area contributed by atoms with E-state index < -0.39 is 36.7 Å². The van der Waals surface area contributed by atoms with E-state index in [1.807, 2.05) is 41.5 Å². The van der Waals surface area contributed by atoms with E-state index in [1.165, 1.54) is 0 Å². The molecule has 0 aromatic heterocycles. The van der Waals surface area contributed by atoms with Gasteiger partial charge in [-0.15, -0.1) is 0 Å². The molecule has 2 aliphatic rings. The largest absolute Gasteiger partial charge is 0.433 e. The summed E-state index contributed by atoms with van der Waals surface area (Å²) >= 11 is 0. The van der Waals surface area contributed by atoms with E-state index >= 15 is 0 Å². The molecule has 0 aromatic carbocycles. The minimum atomic E-state index is -1.06. The molecular formula is C14H22O6. The molecular weight excluding hydrogens is 264 g/mol. The SMILES string of the molecule is CC(C)(C)[C@H]1OC(=O)[C@@H]([C@H]2O[C@@H](C(C)(C)C)OC2=O)O1. The molecule has 0 unspecified atom stereocenters. The molecule has 0 aromatic rings. The number of ether oxygens (including phenoxy) is 4. The lowest BCUT2D eigenvalue weighted by Gasteiger charge is -2.25. The van der Waals surface area contributed by atoms with Crippen LogP contribution in [0.15, 0.2) is 0 Å². The van der Waals surface area contributed by atoms with Gasteiger partial charge in [0.25, 0.3) is 0 Å². The van der Waals surface area contributed by atoms with Crippen molar-refractivity contribution in [3.8, 4) is 0 Å². The number of cyclic esters (lactones) is 2. The number of hydrogen-bond acceptors (Lipinski definition) is 6. The van der Waals surface area contributed by atoms with E-state index in [2.05, 4.69) is 0 Å². The molecule has 20 heavy (non-hydrogen) atoms. The van der Waals surface area contributed by atoms with Gasteiger partial charge in [0.15, 0.2) is 12.2 Å². The van der Waals surface area contributed by atoms with Gasteiger partial charge in [-0.3, -0.25) is 0 Å². The highest BCUT2D eigenvalue weighted by Gasteiger charge is 2.54. The van der Waals surface area contributed by atoms with Crippen LogP contribution in [0, 0.1) is 10.8 Å². The number of hydrogen-bond donors (Lipinski definition) is 0. The van der Waals surface area contributed by atoms with Crippen molar-refractivity contribution in [2.75, 3.05) is 0 Å². The van der Waals surface area contributed by atoms with Crippen LogP contribution in [0.4, 0.5) is 0 Å². The highest BCUT2D eigenvalue weighted by atomic mass is 16.8. The van der Waals surface area contributed by atoms with E-state index in [1.54, 1.807) is 0 Å². The molecule has 0 N–H and O–H groups in total. The Morgan fingerprint density at radius 2 is 1.00 bits per heavy atom. The van der Waals surface area contributed by atoms with E-state index in [9.17, 15) is 9.59 Å². The average Bonchev–Trinajstić information content (AvgIpc) is 2.80. The second-order valence-corrected chi connectivity index (χ2v) is 7.38. The van der Waals surface area contributed by atoms with Crippen molar-refractivity contribution in [2.45, 2.75) is 66.3 Å². The number of carbonyl (C=O) groups is 2. The smallest absolute Gasteiger partial charge is 0.341 e. The van der Waals surface area contributed by atoms with Crippen molar-refractivity contribution in [3.63, 3.8) is 0 Å². The van der Waals surface area contributed by atoms with Gasteiger partial charge >= 0.3 is 11.9 Å². The molecule has 0 aliphatic carbocycles. The van der Waals surface area contributed by atoms with Crippen LogP contribution in [-0.4, -0.2) is 36.7 Å². The molecule has 2 saturated heterocycles. The normalized spacial score (nSPS) is 35.1. The first-order valence-electron chi connectivity index (χ1n) is 6.72. The van der Waals surface area contributed by atoms with Gasteiger partial charge in [0.2, 0.25) is 12.6 Å². The summed E-state index contributed by atoms with van der Waals surface area (Å²) in [6, 6.07) is 0. The number of esters is 2. The Hall–Kier alpha value is -1.14. The zero-order chi connectivity index (χ0) is 15.3. The van der Waals surface area contributed by atoms with Crippen LogP contribution in [0.1, 0.15) is 41.5 Å². The Morgan fingerprint density at radius 1 is 0.700 bits per heavy atom. The molecule has 6 nitrogen and oxygen atoms in total. The summed E-state index contributed by atoms with van der Waals surface area (Å²) < 4.78 is 21.5. The molecule has 2 rings (SSSR count). The molecule has 4 atom stereocenters. The summed E-state index contributed by atoms with van der Waals surface area (Å²) in [5, 5.41) is 0. The van der Waals surface area contributed by atoms with Crippen molar-refractivity contribution >= 4 is 11.9 Å². The monoisotopic (exact) mass is 286 g/mol. The molecule has 2 heterocycles. The highest BCUT2D eigenvalue weighted by molar-refractivity contribution is 5.87. The maximum Gasteiger partial charge on any atom is 0.341 e. The minimum absolute atomic E-state index is 0.365. The quantitative estimate of drug-likeness (QED) is 0.682. The molecule has 0 spiro atoms. The van der Waals surface area contributed by atoms with Crippen LogP contribution in [0.3, 0.4) is 0 Å². The lowest BCUT2D eigenvalue weighted by Crippen LogP contribution is -2.38. The highest BCUT2D eigenvalue weighted by Crippen LogP contribution is 2.36. The van der Waals surface area contributed by atoms with Crippen LogP contribution < -0.4 is 0 Å². The molecule has 0 amide bonds. The second-order valence-electron chi connectivity index (χ2n) is 7.38. The maximum atomic E-state index is 11.9. The van der Waals surface area contributed by atoms with Crippen molar-refractivity contribution in [3.05, 3.63) is 0 Å². The van der Waals surface area contributed by atoms with Crippen LogP contribution in [-0.2, 0) is 28.5 Å².